The molecule has 1 aromatic carbocycles. The van der Waals surface area contributed by atoms with Crippen LogP contribution in [0, 0.1) is 40.4 Å². The predicted octanol–water partition coefficient (Wildman–Crippen LogP) is 2.27. The van der Waals surface area contributed by atoms with Crippen LogP contribution in [0.5, 0.6) is 0 Å². The third kappa shape index (κ3) is 3.76. The van der Waals surface area contributed by atoms with Gasteiger partial charge in [0.15, 0.2) is 0 Å². The highest BCUT2D eigenvalue weighted by atomic mass is 16.6. The summed E-state index contributed by atoms with van der Waals surface area (Å²) < 4.78 is 31.3. The van der Waals surface area contributed by atoms with Gasteiger partial charge in [0.25, 0.3) is 0 Å². The van der Waals surface area contributed by atoms with Crippen molar-refractivity contribution in [3.8, 4) is 0 Å². The monoisotopic (exact) mass is 642 g/mol. The van der Waals surface area contributed by atoms with Gasteiger partial charge in [0.2, 0.25) is 0 Å². The Morgan fingerprint density at radius 1 is 1.11 bits per heavy atom. The number of fused-ring (bicyclic) bond motifs is 2. The molecule has 1 spiro atoms. The van der Waals surface area contributed by atoms with Crippen LogP contribution < -0.4 is 5.73 Å². The summed E-state index contributed by atoms with van der Waals surface area (Å²) in [7, 11) is 4.95. The molecular weight excluding hydrogens is 592 g/mol. The van der Waals surface area contributed by atoms with Gasteiger partial charge in [0.05, 0.1) is 42.4 Å². The van der Waals surface area contributed by atoms with E-state index in [9.17, 15) is 19.8 Å². The average Bonchev–Trinajstić information content (AvgIpc) is 3.43. The van der Waals surface area contributed by atoms with E-state index >= 15 is 0 Å². The number of methoxy groups -OCH3 is 3. The van der Waals surface area contributed by atoms with Crippen molar-refractivity contribution < 1.29 is 43.5 Å². The molecule has 11 nitrogen and oxygen atoms in total. The Morgan fingerprint density at radius 2 is 1.85 bits per heavy atom. The maximum atomic E-state index is 13.5. The van der Waals surface area contributed by atoms with Crippen LogP contribution in [0.3, 0.4) is 0 Å². The second-order valence-corrected chi connectivity index (χ2v) is 15.2. The van der Waals surface area contributed by atoms with Gasteiger partial charge in [0, 0.05) is 68.6 Å². The Labute approximate surface area is 271 Å². The van der Waals surface area contributed by atoms with Gasteiger partial charge in [-0.25, -0.2) is 4.79 Å². The topological polar surface area (TPSA) is 150 Å². The average molecular weight is 643 g/mol. The molecule has 1 aliphatic heterocycles. The maximum Gasteiger partial charge on any atom is 0.340 e. The molecule has 11 heteroatoms. The highest BCUT2D eigenvalue weighted by Crippen LogP contribution is 2.80. The standard InChI is InChI=1S/C35H50N2O9/c1-7-37-16-32(17-45-30(39)19-10-8-9-11-22(19)36)13-12-24(43-5)34-21-14-20-23(42-4)15-33(40,25(21)26(20)46-29(38)18(2)3)35(41,31(34)37)28(44-6)27(32)34/h8-11,18,20-21,23-28,31,40-41H,7,12-17,36H2,1-6H3/t20-,21-,23+,24+,25-,26+,27-,28+,31?,32+,33-,34+,35-/m1/s1. The molecule has 5 saturated carbocycles. The van der Waals surface area contributed by atoms with Gasteiger partial charge in [-0.15, -0.1) is 0 Å². The quantitative estimate of drug-likeness (QED) is 0.269. The van der Waals surface area contributed by atoms with Crippen LogP contribution in [0.15, 0.2) is 24.3 Å². The predicted molar refractivity (Wildman–Crippen MR) is 166 cm³/mol. The zero-order chi connectivity index (χ0) is 33.0. The summed E-state index contributed by atoms with van der Waals surface area (Å²) in [6, 6.07) is 6.38. The van der Waals surface area contributed by atoms with E-state index < -0.39 is 58.3 Å². The molecule has 0 aromatic heterocycles. The van der Waals surface area contributed by atoms with Crippen LogP contribution >= 0.6 is 0 Å². The van der Waals surface area contributed by atoms with Gasteiger partial charge in [-0.1, -0.05) is 32.9 Å². The second kappa shape index (κ2) is 10.9. The highest BCUT2D eigenvalue weighted by Gasteiger charge is 2.92. The lowest BCUT2D eigenvalue weighted by Crippen LogP contribution is -2.82. The van der Waals surface area contributed by atoms with E-state index in [0.717, 1.165) is 0 Å². The number of nitrogens with two attached hydrogens (primary N) is 1. The minimum absolute atomic E-state index is 0.105. The summed E-state index contributed by atoms with van der Waals surface area (Å²) in [5.74, 6) is -2.36. The van der Waals surface area contributed by atoms with Crippen LogP contribution in [0.4, 0.5) is 5.69 Å². The second-order valence-electron chi connectivity index (χ2n) is 15.2. The van der Waals surface area contributed by atoms with E-state index in [1.807, 2.05) is 0 Å². The fourth-order valence-corrected chi connectivity index (χ4v) is 12.1. The fraction of sp³-hybridized carbons (Fsp3) is 0.771. The summed E-state index contributed by atoms with van der Waals surface area (Å²) in [5, 5.41) is 26.7. The van der Waals surface area contributed by atoms with Crippen LogP contribution in [-0.2, 0) is 28.5 Å². The molecule has 254 valence electrons. The number of rotatable bonds is 9. The molecule has 1 saturated heterocycles. The van der Waals surface area contributed by atoms with E-state index in [1.165, 1.54) is 0 Å². The SMILES string of the molecule is CCN1C[C@]2(COC(=O)c3ccccc3N)CC[C@H](OC)[C@]34C1[C@](O)([C@@H](OC)[C@H]23)[C@@]1(O)C[C@H](OC)[C@H]2C[C@@H]4[C@@H]1[C@H]2OC(=O)C(C)C. The maximum absolute atomic E-state index is 13.5. The van der Waals surface area contributed by atoms with E-state index in [2.05, 4.69) is 11.8 Å². The van der Waals surface area contributed by atoms with Crippen molar-refractivity contribution in [2.24, 2.45) is 40.4 Å². The van der Waals surface area contributed by atoms with Crippen LogP contribution in [0.2, 0.25) is 0 Å². The van der Waals surface area contributed by atoms with Gasteiger partial charge in [-0.05, 0) is 43.9 Å². The number of carbonyl (C=O) groups is 2. The molecule has 0 radical (unpaired) electrons. The molecule has 1 aromatic rings. The summed E-state index contributed by atoms with van der Waals surface area (Å²) in [6.45, 7) is 6.94. The fourth-order valence-electron chi connectivity index (χ4n) is 12.1. The zero-order valence-corrected chi connectivity index (χ0v) is 27.8. The first-order valence-corrected chi connectivity index (χ1v) is 16.9. The number of anilines is 1. The minimum Gasteiger partial charge on any atom is -0.461 e. The summed E-state index contributed by atoms with van der Waals surface area (Å²) in [6.07, 6.45) is 0.0868. The third-order valence-corrected chi connectivity index (χ3v) is 13.4. The molecule has 1 heterocycles. The van der Waals surface area contributed by atoms with Crippen molar-refractivity contribution in [1.82, 2.24) is 4.90 Å². The molecule has 1 unspecified atom stereocenters. The van der Waals surface area contributed by atoms with E-state index in [-0.39, 0.29) is 48.8 Å². The number of benzene rings is 1. The lowest BCUT2D eigenvalue weighted by Gasteiger charge is -2.70. The smallest absolute Gasteiger partial charge is 0.340 e. The van der Waals surface area contributed by atoms with Crippen molar-refractivity contribution in [3.05, 3.63) is 29.8 Å². The molecule has 6 aliphatic rings. The van der Waals surface area contributed by atoms with Gasteiger partial charge < -0.3 is 39.6 Å². The van der Waals surface area contributed by atoms with Crippen molar-refractivity contribution in [1.29, 1.82) is 0 Å². The van der Waals surface area contributed by atoms with Crippen LogP contribution in [-0.4, -0.2) is 110 Å². The molecule has 4 N–H and O–H groups in total. The Morgan fingerprint density at radius 3 is 2.48 bits per heavy atom. The lowest BCUT2D eigenvalue weighted by atomic mass is 9.42. The third-order valence-electron chi connectivity index (χ3n) is 13.4. The number of nitrogens with zero attached hydrogens (tertiary/aromatic N) is 1. The lowest BCUT2D eigenvalue weighted by molar-refractivity contribution is -0.319. The normalized spacial score (nSPS) is 46.8. The molecule has 46 heavy (non-hydrogen) atoms. The number of hydrogen-bond donors (Lipinski definition) is 3. The number of nitrogen functional groups attached to an aromatic ring is 1. The van der Waals surface area contributed by atoms with Crippen LogP contribution in [0.1, 0.15) is 56.8 Å². The number of aliphatic hydroxyl groups is 2. The number of carbonyl (C=O) groups excluding carboxylic acids is 2. The van der Waals surface area contributed by atoms with Gasteiger partial charge in [-0.2, -0.15) is 0 Å². The molecule has 5 aliphatic carbocycles. The first-order valence-electron chi connectivity index (χ1n) is 16.9. The number of piperidine rings is 1. The number of hydrogen-bond acceptors (Lipinski definition) is 11. The summed E-state index contributed by atoms with van der Waals surface area (Å²) in [5.41, 5.74) is 2.08. The zero-order valence-electron chi connectivity index (χ0n) is 27.8. The van der Waals surface area contributed by atoms with Gasteiger partial charge in [-0.3, -0.25) is 9.69 Å². The molecule has 6 fully saturated rings. The highest BCUT2D eigenvalue weighted by molar-refractivity contribution is 5.95. The first kappa shape index (κ1) is 32.3. The number of likely N-dealkylation sites (N-methyl/N-ethyl adjacent to an activating group) is 1. The molecular formula is C35H50N2O9. The van der Waals surface area contributed by atoms with Crippen molar-refractivity contribution in [3.63, 3.8) is 0 Å². The van der Waals surface area contributed by atoms with Crippen LogP contribution in [0.25, 0.3) is 0 Å². The molecule has 0 amide bonds. The van der Waals surface area contributed by atoms with E-state index in [4.69, 9.17) is 29.4 Å². The molecule has 7 bridgehead atoms. The number of esters is 2. The Bertz CT molecular complexity index is 1390. The first-order chi connectivity index (χ1) is 21.9. The van der Waals surface area contributed by atoms with E-state index in [0.29, 0.717) is 43.6 Å². The van der Waals surface area contributed by atoms with Gasteiger partial charge in [0.1, 0.15) is 17.3 Å². The number of likely N-dealkylation sites (tertiary alicyclic amines) is 1. The van der Waals surface area contributed by atoms with Crippen molar-refractivity contribution >= 4 is 17.6 Å². The minimum atomic E-state index is -1.76. The number of ether oxygens (including phenoxy) is 5. The number of para-hydroxylation sites is 1. The molecule has 13 atom stereocenters. The van der Waals surface area contributed by atoms with Crippen molar-refractivity contribution in [2.45, 2.75) is 88.1 Å². The summed E-state index contributed by atoms with van der Waals surface area (Å²) >= 11 is 0. The Kier molecular flexibility index (Phi) is 7.62. The molecule has 7 rings (SSSR count). The Balaban J connectivity index is 1.40. The summed E-state index contributed by atoms with van der Waals surface area (Å²) in [4.78, 5) is 28.9. The Hall–Kier alpha value is -2.28. The van der Waals surface area contributed by atoms with Gasteiger partial charge >= 0.3 is 11.9 Å². The van der Waals surface area contributed by atoms with E-state index in [1.54, 1.807) is 59.4 Å². The van der Waals surface area contributed by atoms with Crippen molar-refractivity contribution in [2.75, 3.05) is 46.8 Å². The largest absolute Gasteiger partial charge is 0.461 e.